The van der Waals surface area contributed by atoms with Gasteiger partial charge in [0.1, 0.15) is 6.04 Å². The fourth-order valence-electron chi connectivity index (χ4n) is 1.68. The Morgan fingerprint density at radius 3 is 2.22 bits per heavy atom. The van der Waals surface area contributed by atoms with E-state index in [1.54, 1.807) is 7.11 Å². The van der Waals surface area contributed by atoms with Gasteiger partial charge in [-0.05, 0) is 12.8 Å². The summed E-state index contributed by atoms with van der Waals surface area (Å²) >= 11 is 0. The van der Waals surface area contributed by atoms with Crippen molar-refractivity contribution >= 4 is 12.0 Å². The number of ether oxygens (including phenoxy) is 1. The molecule has 6 nitrogen and oxygen atoms in total. The molecule has 2 amide bonds. The van der Waals surface area contributed by atoms with Crippen LogP contribution < -0.4 is 10.6 Å². The maximum atomic E-state index is 11.7. The molecule has 0 bridgehead atoms. The topological polar surface area (TPSA) is 87.7 Å². The molecule has 0 radical (unpaired) electrons. The first-order chi connectivity index (χ1) is 8.54. The monoisotopic (exact) mass is 260 g/mol. The summed E-state index contributed by atoms with van der Waals surface area (Å²) < 4.78 is 5.00. The number of carbonyl (C=O) groups excluding carboxylic acids is 1. The zero-order valence-electron chi connectivity index (χ0n) is 11.4. The van der Waals surface area contributed by atoms with Crippen LogP contribution in [0.25, 0.3) is 0 Å². The zero-order valence-corrected chi connectivity index (χ0v) is 11.4. The highest BCUT2D eigenvalue weighted by Crippen LogP contribution is 1.99. The third-order valence-electron chi connectivity index (χ3n) is 2.52. The molecule has 0 rings (SSSR count). The Balaban J connectivity index is 4.23. The van der Waals surface area contributed by atoms with Crippen molar-refractivity contribution in [1.29, 1.82) is 0 Å². The molecule has 0 aliphatic heterocycles. The van der Waals surface area contributed by atoms with Crippen LogP contribution >= 0.6 is 0 Å². The lowest BCUT2D eigenvalue weighted by Crippen LogP contribution is -2.50. The predicted molar refractivity (Wildman–Crippen MR) is 68.6 cm³/mol. The first kappa shape index (κ1) is 16.7. The van der Waals surface area contributed by atoms with Crippen LogP contribution in [0.15, 0.2) is 0 Å². The molecule has 0 saturated carbocycles. The lowest BCUT2D eigenvalue weighted by atomic mass is 10.1. The Morgan fingerprint density at radius 2 is 1.78 bits per heavy atom. The van der Waals surface area contributed by atoms with Crippen molar-refractivity contribution in [3.05, 3.63) is 0 Å². The average molecular weight is 260 g/mol. The summed E-state index contributed by atoms with van der Waals surface area (Å²) in [6.07, 6.45) is 2.84. The molecule has 0 fully saturated rings. The normalized spacial score (nSPS) is 13.7. The minimum atomic E-state index is -1.01. The Kier molecular flexibility index (Phi) is 9.00. The molecule has 0 saturated heterocycles. The quantitative estimate of drug-likeness (QED) is 0.584. The molecule has 0 spiro atoms. The molecule has 0 aliphatic carbocycles. The van der Waals surface area contributed by atoms with Gasteiger partial charge in [-0.1, -0.05) is 26.7 Å². The highest BCUT2D eigenvalue weighted by atomic mass is 16.5. The number of carbonyl (C=O) groups is 2. The molecule has 106 valence electrons. The second kappa shape index (κ2) is 9.70. The number of carboxylic acid groups (broad SMARTS) is 1. The number of nitrogens with one attached hydrogen (secondary N) is 2. The van der Waals surface area contributed by atoms with Crippen LogP contribution in [0.4, 0.5) is 4.79 Å². The van der Waals surface area contributed by atoms with E-state index in [0.29, 0.717) is 19.4 Å². The van der Waals surface area contributed by atoms with Gasteiger partial charge in [-0.15, -0.1) is 0 Å². The first-order valence-corrected chi connectivity index (χ1v) is 6.33. The van der Waals surface area contributed by atoms with Crippen molar-refractivity contribution in [3.8, 4) is 0 Å². The van der Waals surface area contributed by atoms with E-state index in [-0.39, 0.29) is 6.04 Å². The molecule has 0 aromatic carbocycles. The number of aliphatic carboxylic acids is 1. The van der Waals surface area contributed by atoms with Gasteiger partial charge in [0, 0.05) is 7.11 Å². The van der Waals surface area contributed by atoms with Crippen LogP contribution in [-0.4, -0.2) is 42.9 Å². The van der Waals surface area contributed by atoms with Gasteiger partial charge in [-0.3, -0.25) is 0 Å². The van der Waals surface area contributed by atoms with Crippen molar-refractivity contribution in [3.63, 3.8) is 0 Å². The standard InChI is InChI=1S/C12H24N2O4/c1-4-6-9(8-18-3)13-12(17)14-10(7-5-2)11(15)16/h9-10H,4-8H2,1-3H3,(H,15,16)(H2,13,14,17). The number of methoxy groups -OCH3 is 1. The van der Waals surface area contributed by atoms with Crippen molar-refractivity contribution < 1.29 is 19.4 Å². The molecule has 0 aromatic heterocycles. The molecule has 3 N–H and O–H groups in total. The van der Waals surface area contributed by atoms with Crippen molar-refractivity contribution in [1.82, 2.24) is 10.6 Å². The number of hydrogen-bond acceptors (Lipinski definition) is 3. The summed E-state index contributed by atoms with van der Waals surface area (Å²) in [6.45, 7) is 4.31. The number of rotatable bonds is 9. The van der Waals surface area contributed by atoms with E-state index >= 15 is 0 Å². The SMILES string of the molecule is CCCC(COC)NC(=O)NC(CCC)C(=O)O. The van der Waals surface area contributed by atoms with E-state index in [1.807, 2.05) is 13.8 Å². The summed E-state index contributed by atoms with van der Waals surface area (Å²) in [5, 5.41) is 14.1. The summed E-state index contributed by atoms with van der Waals surface area (Å²) in [6, 6.07) is -1.37. The Bertz CT molecular complexity index is 252. The van der Waals surface area contributed by atoms with Gasteiger partial charge in [0.05, 0.1) is 12.6 Å². The summed E-state index contributed by atoms with van der Waals surface area (Å²) in [4.78, 5) is 22.5. The van der Waals surface area contributed by atoms with E-state index in [9.17, 15) is 9.59 Å². The van der Waals surface area contributed by atoms with E-state index in [4.69, 9.17) is 9.84 Å². The molecule has 0 aromatic rings. The third kappa shape index (κ3) is 7.11. The zero-order chi connectivity index (χ0) is 14.0. The van der Waals surface area contributed by atoms with E-state index in [1.165, 1.54) is 0 Å². The van der Waals surface area contributed by atoms with Gasteiger partial charge in [-0.2, -0.15) is 0 Å². The predicted octanol–water partition coefficient (Wildman–Crippen LogP) is 1.35. The lowest BCUT2D eigenvalue weighted by Gasteiger charge is -2.20. The minimum absolute atomic E-state index is 0.0870. The van der Waals surface area contributed by atoms with Crippen LogP contribution in [0.5, 0.6) is 0 Å². The maximum absolute atomic E-state index is 11.7. The second-order valence-electron chi connectivity index (χ2n) is 4.24. The van der Waals surface area contributed by atoms with E-state index in [2.05, 4.69) is 10.6 Å². The van der Waals surface area contributed by atoms with Crippen LogP contribution in [0.1, 0.15) is 39.5 Å². The summed E-state index contributed by atoms with van der Waals surface area (Å²) in [5.41, 5.74) is 0. The third-order valence-corrected chi connectivity index (χ3v) is 2.52. The van der Waals surface area contributed by atoms with Crippen LogP contribution in [-0.2, 0) is 9.53 Å². The largest absolute Gasteiger partial charge is 0.480 e. The van der Waals surface area contributed by atoms with Gasteiger partial charge in [0.2, 0.25) is 0 Å². The Morgan fingerprint density at radius 1 is 1.17 bits per heavy atom. The van der Waals surface area contributed by atoms with E-state index in [0.717, 1.165) is 12.8 Å². The van der Waals surface area contributed by atoms with Crippen LogP contribution in [0.3, 0.4) is 0 Å². The van der Waals surface area contributed by atoms with Crippen molar-refractivity contribution in [2.24, 2.45) is 0 Å². The van der Waals surface area contributed by atoms with Gasteiger partial charge < -0.3 is 20.5 Å². The number of hydrogen-bond donors (Lipinski definition) is 3. The molecular weight excluding hydrogens is 236 g/mol. The number of carboxylic acids is 1. The summed E-state index contributed by atoms with van der Waals surface area (Å²) in [5.74, 6) is -1.01. The fraction of sp³-hybridized carbons (Fsp3) is 0.833. The van der Waals surface area contributed by atoms with E-state index < -0.39 is 18.0 Å². The lowest BCUT2D eigenvalue weighted by molar-refractivity contribution is -0.139. The highest BCUT2D eigenvalue weighted by Gasteiger charge is 2.20. The summed E-state index contributed by atoms with van der Waals surface area (Å²) in [7, 11) is 1.57. The molecule has 6 heteroatoms. The van der Waals surface area contributed by atoms with Crippen LogP contribution in [0, 0.1) is 0 Å². The van der Waals surface area contributed by atoms with Gasteiger partial charge in [0.15, 0.2) is 0 Å². The van der Waals surface area contributed by atoms with Crippen molar-refractivity contribution in [2.45, 2.75) is 51.6 Å². The molecule has 0 aliphatic rings. The number of urea groups is 1. The average Bonchev–Trinajstić information content (AvgIpc) is 2.29. The molecule has 2 atom stereocenters. The first-order valence-electron chi connectivity index (χ1n) is 6.33. The maximum Gasteiger partial charge on any atom is 0.326 e. The van der Waals surface area contributed by atoms with Crippen molar-refractivity contribution in [2.75, 3.05) is 13.7 Å². The fourth-order valence-corrected chi connectivity index (χ4v) is 1.68. The minimum Gasteiger partial charge on any atom is -0.480 e. The second-order valence-corrected chi connectivity index (χ2v) is 4.24. The van der Waals surface area contributed by atoms with Crippen LogP contribution in [0.2, 0.25) is 0 Å². The molecule has 18 heavy (non-hydrogen) atoms. The Labute approximate surface area is 108 Å². The highest BCUT2D eigenvalue weighted by molar-refractivity contribution is 5.82. The molecule has 2 unspecified atom stereocenters. The van der Waals surface area contributed by atoms with Gasteiger partial charge in [-0.25, -0.2) is 9.59 Å². The van der Waals surface area contributed by atoms with Gasteiger partial charge in [0.25, 0.3) is 0 Å². The molecule has 0 heterocycles. The van der Waals surface area contributed by atoms with Gasteiger partial charge >= 0.3 is 12.0 Å². The smallest absolute Gasteiger partial charge is 0.326 e. The Hall–Kier alpha value is -1.30. The molecular formula is C12H24N2O4. The number of amides is 2.